The summed E-state index contributed by atoms with van der Waals surface area (Å²) in [6.07, 6.45) is 1.39. The van der Waals surface area contributed by atoms with E-state index in [4.69, 9.17) is 9.36 Å². The standard InChI is InChI=1S/C17H14FN3O4/c1-11-9-15(20-25-11)19-16(22)14-3-2-8-21(17(14)23)24-10-12-4-6-13(18)7-5-12/h2-9H,10H2,1H3,(H,19,20,22). The summed E-state index contributed by atoms with van der Waals surface area (Å²) in [5.41, 5.74) is -0.0502. The Hall–Kier alpha value is -3.42. The molecule has 25 heavy (non-hydrogen) atoms. The minimum Gasteiger partial charge on any atom is -0.406 e. The number of nitrogens with zero attached hydrogens (tertiary/aromatic N) is 2. The SMILES string of the molecule is Cc1cc(NC(=O)c2cccn(OCc3ccc(F)cc3)c2=O)no1. The molecule has 0 spiro atoms. The number of hydrogen-bond donors (Lipinski definition) is 1. The molecular formula is C17H14FN3O4. The van der Waals surface area contributed by atoms with Gasteiger partial charge in [0, 0.05) is 12.3 Å². The fraction of sp³-hybridized carbons (Fsp3) is 0.118. The Bertz CT molecular complexity index is 947. The van der Waals surface area contributed by atoms with Crippen LogP contribution in [-0.4, -0.2) is 15.8 Å². The molecule has 0 atom stereocenters. The summed E-state index contributed by atoms with van der Waals surface area (Å²) in [7, 11) is 0. The highest BCUT2D eigenvalue weighted by Crippen LogP contribution is 2.08. The fourth-order valence-corrected chi connectivity index (χ4v) is 2.08. The number of aromatic nitrogens is 2. The highest BCUT2D eigenvalue weighted by Gasteiger charge is 2.14. The lowest BCUT2D eigenvalue weighted by Gasteiger charge is -2.09. The van der Waals surface area contributed by atoms with Gasteiger partial charge in [0.15, 0.2) is 5.82 Å². The van der Waals surface area contributed by atoms with Crippen LogP contribution in [0.2, 0.25) is 0 Å². The number of amides is 1. The zero-order valence-corrected chi connectivity index (χ0v) is 13.2. The first-order valence-corrected chi connectivity index (χ1v) is 7.37. The van der Waals surface area contributed by atoms with Gasteiger partial charge >= 0.3 is 0 Å². The van der Waals surface area contributed by atoms with Crippen LogP contribution in [0.25, 0.3) is 0 Å². The normalized spacial score (nSPS) is 10.5. The maximum atomic E-state index is 12.9. The molecule has 2 aromatic heterocycles. The minimum absolute atomic E-state index is 0.0493. The summed E-state index contributed by atoms with van der Waals surface area (Å²) in [6.45, 7) is 1.73. The number of nitrogens with one attached hydrogen (secondary N) is 1. The van der Waals surface area contributed by atoms with E-state index in [0.29, 0.717) is 11.3 Å². The monoisotopic (exact) mass is 343 g/mol. The second kappa shape index (κ2) is 7.00. The van der Waals surface area contributed by atoms with Crippen LogP contribution in [0.4, 0.5) is 10.2 Å². The Labute approximate surface area is 141 Å². The molecule has 0 radical (unpaired) electrons. The van der Waals surface area contributed by atoms with Crippen molar-refractivity contribution in [3.8, 4) is 0 Å². The molecule has 1 aromatic carbocycles. The van der Waals surface area contributed by atoms with Gasteiger partial charge in [-0.3, -0.25) is 9.59 Å². The number of anilines is 1. The molecular weight excluding hydrogens is 329 g/mol. The Balaban J connectivity index is 1.74. The second-order valence-corrected chi connectivity index (χ2v) is 5.23. The molecule has 128 valence electrons. The van der Waals surface area contributed by atoms with Crippen LogP contribution < -0.4 is 15.7 Å². The van der Waals surface area contributed by atoms with Crippen LogP contribution >= 0.6 is 0 Å². The third-order valence-electron chi connectivity index (χ3n) is 3.31. The van der Waals surface area contributed by atoms with E-state index in [1.807, 2.05) is 0 Å². The van der Waals surface area contributed by atoms with Crippen LogP contribution in [0, 0.1) is 12.7 Å². The van der Waals surface area contributed by atoms with E-state index in [2.05, 4.69) is 10.5 Å². The van der Waals surface area contributed by atoms with Crippen molar-refractivity contribution >= 4 is 11.7 Å². The number of hydrogen-bond acceptors (Lipinski definition) is 5. The van der Waals surface area contributed by atoms with Crippen LogP contribution in [0.5, 0.6) is 0 Å². The number of carbonyl (C=O) groups is 1. The van der Waals surface area contributed by atoms with E-state index in [1.54, 1.807) is 19.1 Å². The van der Waals surface area contributed by atoms with Crippen LogP contribution in [0.1, 0.15) is 21.7 Å². The molecule has 0 bridgehead atoms. The van der Waals surface area contributed by atoms with Crippen molar-refractivity contribution in [2.75, 3.05) is 5.32 Å². The number of carbonyl (C=O) groups excluding carboxylic acids is 1. The summed E-state index contributed by atoms with van der Waals surface area (Å²) in [5, 5.41) is 6.11. The molecule has 1 N–H and O–H groups in total. The number of pyridine rings is 1. The van der Waals surface area contributed by atoms with Gasteiger partial charge in [-0.2, -0.15) is 4.73 Å². The molecule has 0 aliphatic heterocycles. The lowest BCUT2D eigenvalue weighted by molar-refractivity contribution is 0.0863. The van der Waals surface area contributed by atoms with Gasteiger partial charge < -0.3 is 14.7 Å². The largest absolute Gasteiger partial charge is 0.406 e. The third kappa shape index (κ3) is 3.92. The van der Waals surface area contributed by atoms with Crippen LogP contribution in [0.3, 0.4) is 0 Å². The van der Waals surface area contributed by atoms with E-state index < -0.39 is 11.5 Å². The van der Waals surface area contributed by atoms with E-state index >= 15 is 0 Å². The Morgan fingerprint density at radius 1 is 1.32 bits per heavy atom. The molecule has 2 heterocycles. The maximum Gasteiger partial charge on any atom is 0.295 e. The Kier molecular flexibility index (Phi) is 4.60. The molecule has 0 unspecified atom stereocenters. The average Bonchev–Trinajstić information content (AvgIpc) is 3.00. The molecule has 0 fully saturated rings. The second-order valence-electron chi connectivity index (χ2n) is 5.23. The smallest absolute Gasteiger partial charge is 0.295 e. The van der Waals surface area contributed by atoms with Gasteiger partial charge in [0.05, 0.1) is 0 Å². The number of halogens is 1. The van der Waals surface area contributed by atoms with Gasteiger partial charge in [-0.25, -0.2) is 4.39 Å². The first-order chi connectivity index (χ1) is 12.0. The third-order valence-corrected chi connectivity index (χ3v) is 3.31. The number of aryl methyl sites for hydroxylation is 1. The number of benzene rings is 1. The van der Waals surface area contributed by atoms with Gasteiger partial charge in [-0.15, -0.1) is 0 Å². The molecule has 0 saturated heterocycles. The summed E-state index contributed by atoms with van der Waals surface area (Å²) in [6, 6.07) is 10.1. The molecule has 7 nitrogen and oxygen atoms in total. The molecule has 1 amide bonds. The van der Waals surface area contributed by atoms with E-state index in [-0.39, 0.29) is 23.8 Å². The fourth-order valence-electron chi connectivity index (χ4n) is 2.08. The Morgan fingerprint density at radius 2 is 2.08 bits per heavy atom. The first kappa shape index (κ1) is 16.4. The molecule has 0 saturated carbocycles. The van der Waals surface area contributed by atoms with Crippen molar-refractivity contribution in [3.05, 3.63) is 81.7 Å². The highest BCUT2D eigenvalue weighted by atomic mass is 19.1. The van der Waals surface area contributed by atoms with Gasteiger partial charge in [-0.05, 0) is 36.8 Å². The summed E-state index contributed by atoms with van der Waals surface area (Å²) in [5.74, 6) is -0.242. The molecule has 8 heteroatoms. The van der Waals surface area contributed by atoms with E-state index in [0.717, 1.165) is 4.73 Å². The maximum absolute atomic E-state index is 12.9. The summed E-state index contributed by atoms with van der Waals surface area (Å²) >= 11 is 0. The van der Waals surface area contributed by atoms with Gasteiger partial charge in [0.25, 0.3) is 11.5 Å². The molecule has 3 aromatic rings. The van der Waals surface area contributed by atoms with Gasteiger partial charge in [0.2, 0.25) is 0 Å². The summed E-state index contributed by atoms with van der Waals surface area (Å²) in [4.78, 5) is 29.9. The average molecular weight is 343 g/mol. The van der Waals surface area contributed by atoms with Crippen molar-refractivity contribution in [3.63, 3.8) is 0 Å². The van der Waals surface area contributed by atoms with Crippen LogP contribution in [-0.2, 0) is 6.61 Å². The topological polar surface area (TPSA) is 86.4 Å². The summed E-state index contributed by atoms with van der Waals surface area (Å²) < 4.78 is 18.7. The van der Waals surface area contributed by atoms with Crippen molar-refractivity contribution in [1.29, 1.82) is 0 Å². The van der Waals surface area contributed by atoms with Crippen molar-refractivity contribution in [2.24, 2.45) is 0 Å². The zero-order valence-electron chi connectivity index (χ0n) is 13.2. The quantitative estimate of drug-likeness (QED) is 0.767. The van der Waals surface area contributed by atoms with Gasteiger partial charge in [0.1, 0.15) is 23.7 Å². The minimum atomic E-state index is -0.627. The molecule has 3 rings (SSSR count). The molecule has 0 aliphatic rings. The lowest BCUT2D eigenvalue weighted by atomic mass is 10.2. The first-order valence-electron chi connectivity index (χ1n) is 7.37. The van der Waals surface area contributed by atoms with E-state index in [1.165, 1.54) is 36.5 Å². The van der Waals surface area contributed by atoms with Crippen LogP contribution in [0.15, 0.2) is 58.0 Å². The zero-order chi connectivity index (χ0) is 17.8. The van der Waals surface area contributed by atoms with Gasteiger partial charge in [-0.1, -0.05) is 17.3 Å². The lowest BCUT2D eigenvalue weighted by Crippen LogP contribution is -2.32. The van der Waals surface area contributed by atoms with Crippen molar-refractivity contribution in [1.82, 2.24) is 9.89 Å². The molecule has 0 aliphatic carbocycles. The predicted octanol–water partition coefficient (Wildman–Crippen LogP) is 2.16. The Morgan fingerprint density at radius 3 is 2.76 bits per heavy atom. The van der Waals surface area contributed by atoms with E-state index in [9.17, 15) is 14.0 Å². The predicted molar refractivity (Wildman–Crippen MR) is 86.6 cm³/mol. The highest BCUT2D eigenvalue weighted by molar-refractivity contribution is 6.03. The number of rotatable bonds is 5. The van der Waals surface area contributed by atoms with Crippen molar-refractivity contribution < 1.29 is 18.5 Å². The van der Waals surface area contributed by atoms with Crippen molar-refractivity contribution in [2.45, 2.75) is 13.5 Å².